The number of halogens is 2. The summed E-state index contributed by atoms with van der Waals surface area (Å²) in [6.07, 6.45) is 0. The van der Waals surface area contributed by atoms with E-state index in [1.54, 1.807) is 18.2 Å². The molecule has 0 heterocycles. The predicted molar refractivity (Wildman–Crippen MR) is 76.4 cm³/mol. The van der Waals surface area contributed by atoms with Crippen LogP contribution in [-0.4, -0.2) is 14.2 Å². The van der Waals surface area contributed by atoms with Gasteiger partial charge in [0.1, 0.15) is 11.6 Å². The Hall–Kier alpha value is -2.14. The van der Waals surface area contributed by atoms with E-state index in [1.165, 1.54) is 32.4 Å². The lowest BCUT2D eigenvalue weighted by atomic mass is 10.1. The molecule has 0 amide bonds. The van der Waals surface area contributed by atoms with E-state index in [-0.39, 0.29) is 11.6 Å². The number of hydrogen-bond donors (Lipinski definition) is 1. The van der Waals surface area contributed by atoms with Crippen molar-refractivity contribution in [3.63, 3.8) is 0 Å². The van der Waals surface area contributed by atoms with E-state index in [0.717, 1.165) is 5.56 Å². The lowest BCUT2D eigenvalue weighted by Gasteiger charge is -2.10. The average molecular weight is 293 g/mol. The molecule has 0 unspecified atom stereocenters. The van der Waals surface area contributed by atoms with Crippen molar-refractivity contribution in [2.75, 3.05) is 14.2 Å². The maximum absolute atomic E-state index is 13.5. The molecule has 0 fully saturated rings. The number of methoxy groups -OCH3 is 2. The first-order chi connectivity index (χ1) is 10.1. The number of rotatable bonds is 6. The van der Waals surface area contributed by atoms with Gasteiger partial charge in [-0.05, 0) is 35.9 Å². The first-order valence-corrected chi connectivity index (χ1v) is 6.49. The molecule has 21 heavy (non-hydrogen) atoms. The van der Waals surface area contributed by atoms with Crippen LogP contribution >= 0.6 is 0 Å². The molecule has 0 spiro atoms. The minimum Gasteiger partial charge on any atom is -0.496 e. The van der Waals surface area contributed by atoms with Gasteiger partial charge in [-0.1, -0.05) is 6.07 Å². The van der Waals surface area contributed by atoms with E-state index in [9.17, 15) is 8.78 Å². The van der Waals surface area contributed by atoms with Crippen molar-refractivity contribution in [2.24, 2.45) is 0 Å². The average Bonchev–Trinajstić information content (AvgIpc) is 2.48. The molecule has 0 aromatic heterocycles. The van der Waals surface area contributed by atoms with Crippen molar-refractivity contribution in [1.82, 2.24) is 5.32 Å². The van der Waals surface area contributed by atoms with Gasteiger partial charge in [0.15, 0.2) is 11.6 Å². The van der Waals surface area contributed by atoms with Crippen molar-refractivity contribution in [3.05, 3.63) is 59.2 Å². The van der Waals surface area contributed by atoms with E-state index in [2.05, 4.69) is 5.32 Å². The summed E-state index contributed by atoms with van der Waals surface area (Å²) in [5.74, 6) is 0.110. The summed E-state index contributed by atoms with van der Waals surface area (Å²) in [6.45, 7) is 0.884. The van der Waals surface area contributed by atoms with Gasteiger partial charge in [0.2, 0.25) is 0 Å². The number of hydrogen-bond acceptors (Lipinski definition) is 3. The van der Waals surface area contributed by atoms with Gasteiger partial charge in [0.25, 0.3) is 0 Å². The predicted octanol–water partition coefficient (Wildman–Crippen LogP) is 3.27. The fourth-order valence-electron chi connectivity index (χ4n) is 2.05. The second-order valence-electron chi connectivity index (χ2n) is 4.53. The van der Waals surface area contributed by atoms with Gasteiger partial charge in [0.05, 0.1) is 14.2 Å². The summed E-state index contributed by atoms with van der Waals surface area (Å²) < 4.78 is 36.8. The summed E-state index contributed by atoms with van der Waals surface area (Å²) in [6, 6.07) is 9.11. The molecule has 0 bridgehead atoms. The van der Waals surface area contributed by atoms with Gasteiger partial charge in [-0.25, -0.2) is 8.78 Å². The van der Waals surface area contributed by atoms with Crippen molar-refractivity contribution in [1.29, 1.82) is 0 Å². The third kappa shape index (κ3) is 3.92. The summed E-state index contributed by atoms with van der Waals surface area (Å²) in [4.78, 5) is 0. The summed E-state index contributed by atoms with van der Waals surface area (Å²) in [5.41, 5.74) is 1.50. The van der Waals surface area contributed by atoms with Crippen LogP contribution in [0.2, 0.25) is 0 Å². The van der Waals surface area contributed by atoms with E-state index < -0.39 is 5.82 Å². The SMILES string of the molecule is COc1ccc(CNCc2cc(F)ccc2OC)cc1F. The molecule has 112 valence electrons. The Balaban J connectivity index is 1.98. The lowest BCUT2D eigenvalue weighted by Crippen LogP contribution is -2.13. The van der Waals surface area contributed by atoms with Crippen LogP contribution in [0.4, 0.5) is 8.78 Å². The highest BCUT2D eigenvalue weighted by atomic mass is 19.1. The minimum atomic E-state index is -0.403. The van der Waals surface area contributed by atoms with Crippen molar-refractivity contribution in [2.45, 2.75) is 13.1 Å². The quantitative estimate of drug-likeness (QED) is 0.886. The second-order valence-corrected chi connectivity index (χ2v) is 4.53. The molecule has 2 aromatic rings. The van der Waals surface area contributed by atoms with Crippen LogP contribution in [0.1, 0.15) is 11.1 Å². The Kier molecular flexibility index (Phi) is 5.11. The number of nitrogens with one attached hydrogen (secondary N) is 1. The molecule has 0 aliphatic heterocycles. The third-order valence-electron chi connectivity index (χ3n) is 3.10. The maximum atomic E-state index is 13.5. The maximum Gasteiger partial charge on any atom is 0.165 e. The molecule has 5 heteroatoms. The molecular formula is C16H17F2NO2. The Bertz CT molecular complexity index is 617. The van der Waals surface area contributed by atoms with Crippen LogP contribution in [0.25, 0.3) is 0 Å². The molecule has 0 atom stereocenters. The Morgan fingerprint density at radius 2 is 1.62 bits per heavy atom. The van der Waals surface area contributed by atoms with Gasteiger partial charge in [-0.15, -0.1) is 0 Å². The minimum absolute atomic E-state index is 0.213. The molecule has 1 N–H and O–H groups in total. The van der Waals surface area contributed by atoms with Crippen molar-refractivity contribution < 1.29 is 18.3 Å². The molecule has 0 saturated carbocycles. The van der Waals surface area contributed by atoms with Crippen LogP contribution in [0.15, 0.2) is 36.4 Å². The zero-order chi connectivity index (χ0) is 15.2. The van der Waals surface area contributed by atoms with Gasteiger partial charge in [-0.3, -0.25) is 0 Å². The van der Waals surface area contributed by atoms with Crippen molar-refractivity contribution in [3.8, 4) is 11.5 Å². The first-order valence-electron chi connectivity index (χ1n) is 6.49. The fraction of sp³-hybridized carbons (Fsp3) is 0.250. The van der Waals surface area contributed by atoms with Crippen LogP contribution in [0.3, 0.4) is 0 Å². The molecule has 0 aliphatic carbocycles. The molecule has 2 rings (SSSR count). The van der Waals surface area contributed by atoms with Crippen LogP contribution in [0, 0.1) is 11.6 Å². The standard InChI is InChI=1S/C16H17F2NO2/c1-20-15-6-4-13(17)8-12(15)10-19-9-11-3-5-16(21-2)14(18)7-11/h3-8,19H,9-10H2,1-2H3. The van der Waals surface area contributed by atoms with Gasteiger partial charge in [0, 0.05) is 18.7 Å². The van der Waals surface area contributed by atoms with Gasteiger partial charge in [-0.2, -0.15) is 0 Å². The van der Waals surface area contributed by atoms with E-state index in [1.807, 2.05) is 0 Å². The third-order valence-corrected chi connectivity index (χ3v) is 3.10. The molecule has 0 aliphatic rings. The molecule has 0 radical (unpaired) electrons. The number of ether oxygens (including phenoxy) is 2. The first kappa shape index (κ1) is 15.3. The normalized spacial score (nSPS) is 10.5. The Morgan fingerprint density at radius 1 is 0.905 bits per heavy atom. The monoisotopic (exact) mass is 293 g/mol. The Labute approximate surface area is 122 Å². The second kappa shape index (κ2) is 7.04. The van der Waals surface area contributed by atoms with Gasteiger partial charge >= 0.3 is 0 Å². The molecule has 3 nitrogen and oxygen atoms in total. The van der Waals surface area contributed by atoms with Crippen LogP contribution in [-0.2, 0) is 13.1 Å². The smallest absolute Gasteiger partial charge is 0.165 e. The zero-order valence-corrected chi connectivity index (χ0v) is 12.0. The molecular weight excluding hydrogens is 276 g/mol. The summed E-state index contributed by atoms with van der Waals surface area (Å²) in [5, 5.41) is 3.13. The fourth-order valence-corrected chi connectivity index (χ4v) is 2.05. The summed E-state index contributed by atoms with van der Waals surface area (Å²) in [7, 11) is 2.96. The van der Waals surface area contributed by atoms with Crippen LogP contribution in [0.5, 0.6) is 11.5 Å². The van der Waals surface area contributed by atoms with E-state index in [0.29, 0.717) is 24.4 Å². The van der Waals surface area contributed by atoms with Crippen LogP contribution < -0.4 is 14.8 Å². The highest BCUT2D eigenvalue weighted by molar-refractivity contribution is 5.34. The highest BCUT2D eigenvalue weighted by Gasteiger charge is 2.06. The zero-order valence-electron chi connectivity index (χ0n) is 12.0. The van der Waals surface area contributed by atoms with E-state index >= 15 is 0 Å². The molecule has 0 saturated heterocycles. The Morgan fingerprint density at radius 3 is 2.29 bits per heavy atom. The lowest BCUT2D eigenvalue weighted by molar-refractivity contribution is 0.386. The topological polar surface area (TPSA) is 30.5 Å². The number of benzene rings is 2. The van der Waals surface area contributed by atoms with E-state index in [4.69, 9.17) is 9.47 Å². The van der Waals surface area contributed by atoms with Gasteiger partial charge < -0.3 is 14.8 Å². The highest BCUT2D eigenvalue weighted by Crippen LogP contribution is 2.20. The summed E-state index contributed by atoms with van der Waals surface area (Å²) >= 11 is 0. The molecule has 2 aromatic carbocycles. The van der Waals surface area contributed by atoms with Crippen molar-refractivity contribution >= 4 is 0 Å². The largest absolute Gasteiger partial charge is 0.496 e.